The Labute approximate surface area is 160 Å². The summed E-state index contributed by atoms with van der Waals surface area (Å²) in [6.07, 6.45) is -2.41. The quantitative estimate of drug-likeness (QED) is 0.588. The summed E-state index contributed by atoms with van der Waals surface area (Å²) >= 11 is 0. The van der Waals surface area contributed by atoms with E-state index in [1.807, 2.05) is 13.8 Å². The number of halogens is 9. The van der Waals surface area contributed by atoms with Crippen molar-refractivity contribution in [2.75, 3.05) is 6.61 Å². The molecule has 2 nitrogen and oxygen atoms in total. The number of benzene rings is 1. The maximum atomic E-state index is 14.7. The molecule has 1 atom stereocenters. The number of rotatable bonds is 6. The fourth-order valence-electron chi connectivity index (χ4n) is 3.06. The van der Waals surface area contributed by atoms with E-state index in [1.54, 1.807) is 0 Å². The van der Waals surface area contributed by atoms with Crippen molar-refractivity contribution in [3.8, 4) is 5.75 Å². The second-order valence-corrected chi connectivity index (χ2v) is 7.78. The summed E-state index contributed by atoms with van der Waals surface area (Å²) in [6.45, 7) is 4.55. The summed E-state index contributed by atoms with van der Waals surface area (Å²) in [6, 6.07) is 4.40. The van der Waals surface area contributed by atoms with Gasteiger partial charge < -0.3 is 9.84 Å². The van der Waals surface area contributed by atoms with Gasteiger partial charge in [-0.15, -0.1) is 0 Å². The Bertz CT molecular complexity index is 716. The van der Waals surface area contributed by atoms with Gasteiger partial charge in [-0.1, -0.05) is 26.0 Å². The summed E-state index contributed by atoms with van der Waals surface area (Å²) in [5.74, 6) is -25.8. The zero-order valence-electron chi connectivity index (χ0n) is 15.6. The fourth-order valence-corrected chi connectivity index (χ4v) is 3.06. The van der Waals surface area contributed by atoms with E-state index in [1.165, 1.54) is 12.1 Å². The van der Waals surface area contributed by atoms with Crippen molar-refractivity contribution in [1.29, 1.82) is 0 Å². The highest BCUT2D eigenvalue weighted by Gasteiger charge is 3.00. The van der Waals surface area contributed by atoms with Crippen LogP contribution in [0.2, 0.25) is 0 Å². The first-order valence-electron chi connectivity index (χ1n) is 8.51. The van der Waals surface area contributed by atoms with Crippen LogP contribution in [0, 0.1) is 5.92 Å². The largest absolute Gasteiger partial charge is 0.493 e. The van der Waals surface area contributed by atoms with E-state index in [4.69, 9.17) is 4.74 Å². The number of hydrogen-bond acceptors (Lipinski definition) is 2. The van der Waals surface area contributed by atoms with E-state index < -0.39 is 46.9 Å². The highest BCUT2D eigenvalue weighted by atomic mass is 19.4. The van der Waals surface area contributed by atoms with Gasteiger partial charge in [-0.05, 0) is 30.5 Å². The predicted molar refractivity (Wildman–Crippen MR) is 84.6 cm³/mol. The SMILES string of the molecule is CC(C)COc1ccc(C(C)(O)CC2(F)C(F)(F)C(F)(F)C(F)(F)C2(F)F)cc1. The van der Waals surface area contributed by atoms with Crippen molar-refractivity contribution >= 4 is 0 Å². The molecule has 0 heterocycles. The Morgan fingerprint density at radius 2 is 1.24 bits per heavy atom. The maximum Gasteiger partial charge on any atom is 0.381 e. The molecule has 0 spiro atoms. The highest BCUT2D eigenvalue weighted by molar-refractivity contribution is 5.33. The van der Waals surface area contributed by atoms with E-state index >= 15 is 0 Å². The molecule has 2 rings (SSSR count). The molecule has 0 saturated heterocycles. The van der Waals surface area contributed by atoms with Crippen molar-refractivity contribution < 1.29 is 49.4 Å². The molecule has 0 radical (unpaired) electrons. The van der Waals surface area contributed by atoms with Gasteiger partial charge in [0.05, 0.1) is 12.2 Å². The van der Waals surface area contributed by atoms with Crippen LogP contribution in [0.25, 0.3) is 0 Å². The normalized spacial score (nSPS) is 25.6. The average molecular weight is 438 g/mol. The maximum absolute atomic E-state index is 14.7. The summed E-state index contributed by atoms with van der Waals surface area (Å²) in [5.41, 5.74) is -9.06. The van der Waals surface area contributed by atoms with Crippen molar-refractivity contribution in [2.45, 2.75) is 62.2 Å². The molecule has 1 fully saturated rings. The molecule has 11 heteroatoms. The first kappa shape index (κ1) is 23.6. The lowest BCUT2D eigenvalue weighted by Crippen LogP contribution is -2.57. The molecular formula is C18H19F9O2. The second-order valence-electron chi connectivity index (χ2n) is 7.78. The zero-order chi connectivity index (χ0) is 22.7. The Morgan fingerprint density at radius 3 is 1.62 bits per heavy atom. The summed E-state index contributed by atoms with van der Waals surface area (Å²) in [7, 11) is 0. The van der Waals surface area contributed by atoms with Crippen LogP contribution < -0.4 is 4.74 Å². The van der Waals surface area contributed by atoms with Gasteiger partial charge in [-0.2, -0.15) is 35.1 Å². The highest BCUT2D eigenvalue weighted by Crippen LogP contribution is 2.70. The molecule has 0 aromatic heterocycles. The minimum atomic E-state index is -6.66. The molecule has 1 unspecified atom stereocenters. The molecule has 1 aliphatic carbocycles. The van der Waals surface area contributed by atoms with E-state index in [9.17, 15) is 44.6 Å². The third-order valence-corrected chi connectivity index (χ3v) is 4.83. The van der Waals surface area contributed by atoms with Gasteiger partial charge in [0.15, 0.2) is 0 Å². The van der Waals surface area contributed by atoms with Crippen molar-refractivity contribution in [2.24, 2.45) is 5.92 Å². The molecule has 0 bridgehead atoms. The number of ether oxygens (including phenoxy) is 1. The molecule has 166 valence electrons. The van der Waals surface area contributed by atoms with E-state index in [0.717, 1.165) is 12.1 Å². The Kier molecular flexibility index (Phi) is 5.44. The van der Waals surface area contributed by atoms with E-state index in [2.05, 4.69) is 0 Å². The van der Waals surface area contributed by atoms with Gasteiger partial charge in [0.2, 0.25) is 0 Å². The Balaban J connectivity index is 2.40. The van der Waals surface area contributed by atoms with Gasteiger partial charge in [0.1, 0.15) is 5.75 Å². The first-order valence-corrected chi connectivity index (χ1v) is 8.51. The van der Waals surface area contributed by atoms with Crippen LogP contribution in [0.5, 0.6) is 5.75 Å². The summed E-state index contributed by atoms with van der Waals surface area (Å²) < 4.78 is 129. The zero-order valence-corrected chi connectivity index (χ0v) is 15.6. The predicted octanol–water partition coefficient (Wildman–Crippen LogP) is 5.58. The standard InChI is InChI=1S/C18H19F9O2/c1-10(2)8-29-12-6-4-11(5-7-12)13(3,28)9-14(19)15(20,21)17(24,25)18(26,27)16(14,22)23/h4-7,10,28H,8-9H2,1-3H3. The second kappa shape index (κ2) is 6.68. The Morgan fingerprint density at radius 1 is 0.828 bits per heavy atom. The molecule has 1 N–H and O–H groups in total. The van der Waals surface area contributed by atoms with Crippen LogP contribution in [-0.2, 0) is 5.60 Å². The third kappa shape index (κ3) is 3.16. The molecule has 1 aliphatic rings. The topological polar surface area (TPSA) is 29.5 Å². The molecule has 0 aliphatic heterocycles. The minimum absolute atomic E-state index is 0.138. The van der Waals surface area contributed by atoms with Crippen molar-refractivity contribution in [3.63, 3.8) is 0 Å². The Hall–Kier alpha value is -1.65. The van der Waals surface area contributed by atoms with Crippen LogP contribution in [-0.4, -0.2) is 41.1 Å². The number of aliphatic hydroxyl groups is 1. The van der Waals surface area contributed by atoms with E-state index in [-0.39, 0.29) is 18.3 Å². The van der Waals surface area contributed by atoms with Crippen molar-refractivity contribution in [3.05, 3.63) is 29.8 Å². The van der Waals surface area contributed by atoms with Gasteiger partial charge in [-0.3, -0.25) is 0 Å². The monoisotopic (exact) mass is 438 g/mol. The number of hydrogen-bond donors (Lipinski definition) is 1. The van der Waals surface area contributed by atoms with Crippen LogP contribution in [0.15, 0.2) is 24.3 Å². The van der Waals surface area contributed by atoms with Crippen LogP contribution >= 0.6 is 0 Å². The van der Waals surface area contributed by atoms with Gasteiger partial charge in [0, 0.05) is 6.42 Å². The third-order valence-electron chi connectivity index (χ3n) is 4.83. The molecular weight excluding hydrogens is 419 g/mol. The lowest BCUT2D eigenvalue weighted by molar-refractivity contribution is -0.303. The molecule has 29 heavy (non-hydrogen) atoms. The van der Waals surface area contributed by atoms with Gasteiger partial charge in [-0.25, -0.2) is 4.39 Å². The fraction of sp³-hybridized carbons (Fsp3) is 0.667. The van der Waals surface area contributed by atoms with Gasteiger partial charge in [0.25, 0.3) is 5.67 Å². The molecule has 1 aromatic rings. The average Bonchev–Trinajstić information content (AvgIpc) is 2.62. The van der Waals surface area contributed by atoms with E-state index in [0.29, 0.717) is 6.92 Å². The number of alkyl halides is 9. The smallest absolute Gasteiger partial charge is 0.381 e. The molecule has 1 saturated carbocycles. The van der Waals surface area contributed by atoms with Gasteiger partial charge >= 0.3 is 23.7 Å². The van der Waals surface area contributed by atoms with Crippen LogP contribution in [0.1, 0.15) is 32.8 Å². The first-order chi connectivity index (χ1) is 12.8. The molecule has 1 aromatic carbocycles. The lowest BCUT2D eigenvalue weighted by atomic mass is 9.80. The lowest BCUT2D eigenvalue weighted by Gasteiger charge is -2.36. The summed E-state index contributed by atoms with van der Waals surface area (Å²) in [5, 5.41) is 10.3. The van der Waals surface area contributed by atoms with Crippen molar-refractivity contribution in [1.82, 2.24) is 0 Å². The summed E-state index contributed by atoms with van der Waals surface area (Å²) in [4.78, 5) is 0. The molecule has 0 amide bonds. The van der Waals surface area contributed by atoms with Crippen LogP contribution in [0.4, 0.5) is 39.5 Å². The van der Waals surface area contributed by atoms with Crippen LogP contribution in [0.3, 0.4) is 0 Å². The minimum Gasteiger partial charge on any atom is -0.493 e.